The Morgan fingerprint density at radius 3 is 2.56 bits per heavy atom. The van der Waals surface area contributed by atoms with Gasteiger partial charge in [0.25, 0.3) is 0 Å². The van der Waals surface area contributed by atoms with Gasteiger partial charge in [0, 0.05) is 20.3 Å². The smallest absolute Gasteiger partial charge is 0.119 e. The molecule has 0 unspecified atom stereocenters. The Bertz CT molecular complexity index is 280. The highest BCUT2D eigenvalue weighted by Gasteiger charge is 1.92. The van der Waals surface area contributed by atoms with Crippen molar-refractivity contribution in [2.75, 3.05) is 46.6 Å². The van der Waals surface area contributed by atoms with Crippen LogP contribution in [0.1, 0.15) is 6.42 Å². The van der Waals surface area contributed by atoms with Gasteiger partial charge in [-0.1, -0.05) is 18.2 Å². The summed E-state index contributed by atoms with van der Waals surface area (Å²) in [5.41, 5.74) is 0. The Morgan fingerprint density at radius 2 is 1.78 bits per heavy atom. The van der Waals surface area contributed by atoms with Crippen LogP contribution in [-0.4, -0.2) is 46.6 Å². The Morgan fingerprint density at radius 1 is 0.944 bits per heavy atom. The van der Waals surface area contributed by atoms with Gasteiger partial charge in [0.15, 0.2) is 0 Å². The Balaban J connectivity index is 1.82. The molecule has 0 atom stereocenters. The summed E-state index contributed by atoms with van der Waals surface area (Å²) in [4.78, 5) is 0. The molecule has 1 N–H and O–H groups in total. The van der Waals surface area contributed by atoms with Gasteiger partial charge in [0.1, 0.15) is 12.4 Å². The number of hydrogen-bond donors (Lipinski definition) is 1. The lowest BCUT2D eigenvalue weighted by Gasteiger charge is -2.07. The van der Waals surface area contributed by atoms with Gasteiger partial charge in [-0.25, -0.2) is 0 Å². The van der Waals surface area contributed by atoms with Crippen LogP contribution in [0, 0.1) is 0 Å². The SMILES string of the molecule is COCCOCCCNCCOc1ccccc1. The zero-order valence-electron chi connectivity index (χ0n) is 11.1. The normalized spacial score (nSPS) is 10.5. The van der Waals surface area contributed by atoms with E-state index in [9.17, 15) is 0 Å². The van der Waals surface area contributed by atoms with E-state index >= 15 is 0 Å². The second-order valence-corrected chi connectivity index (χ2v) is 3.87. The lowest BCUT2D eigenvalue weighted by Crippen LogP contribution is -2.23. The van der Waals surface area contributed by atoms with Gasteiger partial charge >= 0.3 is 0 Å². The highest BCUT2D eigenvalue weighted by atomic mass is 16.5. The third-order valence-corrected chi connectivity index (χ3v) is 2.36. The van der Waals surface area contributed by atoms with Gasteiger partial charge in [-0.2, -0.15) is 0 Å². The maximum absolute atomic E-state index is 5.56. The highest BCUT2D eigenvalue weighted by Crippen LogP contribution is 2.07. The van der Waals surface area contributed by atoms with Crippen molar-refractivity contribution in [3.63, 3.8) is 0 Å². The molecule has 18 heavy (non-hydrogen) atoms. The summed E-state index contributed by atoms with van der Waals surface area (Å²) in [6.45, 7) is 4.61. The quantitative estimate of drug-likeness (QED) is 0.609. The molecule has 0 spiro atoms. The number of nitrogens with one attached hydrogen (secondary N) is 1. The molecular weight excluding hydrogens is 230 g/mol. The van der Waals surface area contributed by atoms with E-state index in [-0.39, 0.29) is 0 Å². The molecule has 0 aliphatic carbocycles. The molecule has 0 fully saturated rings. The average molecular weight is 253 g/mol. The van der Waals surface area contributed by atoms with Crippen molar-refractivity contribution in [3.05, 3.63) is 30.3 Å². The molecule has 0 heterocycles. The fraction of sp³-hybridized carbons (Fsp3) is 0.571. The van der Waals surface area contributed by atoms with Crippen molar-refractivity contribution in [1.82, 2.24) is 5.32 Å². The number of rotatable bonds is 11. The molecule has 0 aromatic heterocycles. The van der Waals surface area contributed by atoms with E-state index in [1.54, 1.807) is 7.11 Å². The van der Waals surface area contributed by atoms with Crippen LogP contribution in [0.25, 0.3) is 0 Å². The van der Waals surface area contributed by atoms with Crippen LogP contribution in [0.3, 0.4) is 0 Å². The lowest BCUT2D eigenvalue weighted by atomic mass is 10.3. The summed E-state index contributed by atoms with van der Waals surface area (Å²) in [5, 5.41) is 3.31. The second kappa shape index (κ2) is 11.0. The first-order chi connectivity index (χ1) is 8.93. The van der Waals surface area contributed by atoms with Crippen molar-refractivity contribution in [2.24, 2.45) is 0 Å². The van der Waals surface area contributed by atoms with Gasteiger partial charge in [-0.3, -0.25) is 0 Å². The first-order valence-electron chi connectivity index (χ1n) is 6.38. The second-order valence-electron chi connectivity index (χ2n) is 3.87. The van der Waals surface area contributed by atoms with E-state index in [1.165, 1.54) is 0 Å². The van der Waals surface area contributed by atoms with Crippen LogP contribution >= 0.6 is 0 Å². The minimum absolute atomic E-state index is 0.665. The van der Waals surface area contributed by atoms with Crippen molar-refractivity contribution in [2.45, 2.75) is 6.42 Å². The molecule has 0 bridgehead atoms. The van der Waals surface area contributed by atoms with Crippen LogP contribution < -0.4 is 10.1 Å². The molecule has 1 aromatic carbocycles. The summed E-state index contributed by atoms with van der Waals surface area (Å²) >= 11 is 0. The van der Waals surface area contributed by atoms with Gasteiger partial charge in [0.05, 0.1) is 13.2 Å². The van der Waals surface area contributed by atoms with E-state index in [2.05, 4.69) is 5.32 Å². The zero-order chi connectivity index (χ0) is 12.9. The molecule has 4 heteroatoms. The van der Waals surface area contributed by atoms with Crippen molar-refractivity contribution in [1.29, 1.82) is 0 Å². The molecule has 4 nitrogen and oxygen atoms in total. The zero-order valence-corrected chi connectivity index (χ0v) is 11.1. The summed E-state index contributed by atoms with van der Waals surface area (Å²) in [6, 6.07) is 9.85. The minimum atomic E-state index is 0.665. The average Bonchev–Trinajstić information content (AvgIpc) is 2.42. The van der Waals surface area contributed by atoms with E-state index in [1.807, 2.05) is 30.3 Å². The van der Waals surface area contributed by atoms with E-state index in [0.29, 0.717) is 19.8 Å². The van der Waals surface area contributed by atoms with Crippen molar-refractivity contribution >= 4 is 0 Å². The predicted octanol–water partition coefficient (Wildman–Crippen LogP) is 1.71. The third kappa shape index (κ3) is 8.06. The molecule has 0 amide bonds. The minimum Gasteiger partial charge on any atom is -0.492 e. The van der Waals surface area contributed by atoms with Gasteiger partial charge in [0.2, 0.25) is 0 Å². The summed E-state index contributed by atoms with van der Waals surface area (Å²) in [6.07, 6.45) is 1.01. The number of methoxy groups -OCH3 is 1. The first-order valence-corrected chi connectivity index (χ1v) is 6.38. The molecule has 1 aromatic rings. The molecule has 0 aliphatic rings. The van der Waals surface area contributed by atoms with Crippen LogP contribution in [0.5, 0.6) is 5.75 Å². The fourth-order valence-corrected chi connectivity index (χ4v) is 1.43. The molecule has 0 aliphatic heterocycles. The molecule has 0 radical (unpaired) electrons. The van der Waals surface area contributed by atoms with Crippen LogP contribution in [0.4, 0.5) is 0 Å². The summed E-state index contributed by atoms with van der Waals surface area (Å²) < 4.78 is 15.8. The molecule has 1 rings (SSSR count). The fourth-order valence-electron chi connectivity index (χ4n) is 1.43. The predicted molar refractivity (Wildman–Crippen MR) is 72.1 cm³/mol. The van der Waals surface area contributed by atoms with Crippen molar-refractivity contribution in [3.8, 4) is 5.75 Å². The van der Waals surface area contributed by atoms with E-state index < -0.39 is 0 Å². The number of para-hydroxylation sites is 1. The largest absolute Gasteiger partial charge is 0.492 e. The van der Waals surface area contributed by atoms with Gasteiger partial charge < -0.3 is 19.5 Å². The molecule has 0 saturated heterocycles. The van der Waals surface area contributed by atoms with E-state index in [0.717, 1.165) is 31.9 Å². The standard InChI is InChI=1S/C14H23NO3/c1-16-12-13-17-10-5-8-15-9-11-18-14-6-3-2-4-7-14/h2-4,6-7,15H,5,8-13H2,1H3. The number of benzene rings is 1. The van der Waals surface area contributed by atoms with Crippen molar-refractivity contribution < 1.29 is 14.2 Å². The Hall–Kier alpha value is -1.10. The third-order valence-electron chi connectivity index (χ3n) is 2.36. The molecular formula is C14H23NO3. The molecule has 102 valence electrons. The van der Waals surface area contributed by atoms with Crippen LogP contribution in [-0.2, 0) is 9.47 Å². The Kier molecular flexibility index (Phi) is 9.16. The topological polar surface area (TPSA) is 39.7 Å². The van der Waals surface area contributed by atoms with Crippen LogP contribution in [0.2, 0.25) is 0 Å². The lowest BCUT2D eigenvalue weighted by molar-refractivity contribution is 0.0694. The number of ether oxygens (including phenoxy) is 3. The molecule has 0 saturated carbocycles. The van der Waals surface area contributed by atoms with Crippen LogP contribution in [0.15, 0.2) is 30.3 Å². The summed E-state index contributed by atoms with van der Waals surface area (Å²) in [5.74, 6) is 0.919. The first kappa shape index (κ1) is 15.0. The summed E-state index contributed by atoms with van der Waals surface area (Å²) in [7, 11) is 1.68. The maximum Gasteiger partial charge on any atom is 0.119 e. The van der Waals surface area contributed by atoms with E-state index in [4.69, 9.17) is 14.2 Å². The van der Waals surface area contributed by atoms with Gasteiger partial charge in [-0.05, 0) is 25.1 Å². The monoisotopic (exact) mass is 253 g/mol. The highest BCUT2D eigenvalue weighted by molar-refractivity contribution is 5.20. The maximum atomic E-state index is 5.56. The van der Waals surface area contributed by atoms with Gasteiger partial charge in [-0.15, -0.1) is 0 Å². The Labute approximate surface area is 109 Å². The number of hydrogen-bond acceptors (Lipinski definition) is 4.